The highest BCUT2D eigenvalue weighted by Crippen LogP contribution is 2.47. The molecule has 0 bridgehead atoms. The molecule has 0 N–H and O–H groups in total. The summed E-state index contributed by atoms with van der Waals surface area (Å²) in [5, 5.41) is 0. The second kappa shape index (κ2) is 2.82. The van der Waals surface area contributed by atoms with Crippen molar-refractivity contribution in [2.24, 2.45) is 17.8 Å². The van der Waals surface area contributed by atoms with E-state index in [2.05, 4.69) is 19.7 Å². The lowest BCUT2D eigenvalue weighted by Crippen LogP contribution is -2.32. The lowest BCUT2D eigenvalue weighted by Gasteiger charge is -2.29. The number of nitrogens with zero attached hydrogens (tertiary/aromatic N) is 1. The molecule has 2 fully saturated rings. The van der Waals surface area contributed by atoms with Crippen molar-refractivity contribution >= 4 is 7.98 Å². The molecule has 1 aliphatic carbocycles. The monoisotopic (exact) mass is 151 g/mol. The lowest BCUT2D eigenvalue weighted by molar-refractivity contribution is 0.254. The van der Waals surface area contributed by atoms with Crippen LogP contribution < -0.4 is 0 Å². The summed E-state index contributed by atoms with van der Waals surface area (Å²) in [6.07, 6.45) is 4.45. The molecule has 0 amide bonds. The van der Waals surface area contributed by atoms with Crippen LogP contribution in [-0.2, 0) is 0 Å². The maximum Gasteiger partial charge on any atom is 0.185 e. The minimum atomic E-state index is 1.06. The van der Waals surface area contributed by atoms with Crippen LogP contribution >= 0.6 is 0 Å². The van der Waals surface area contributed by atoms with Crippen LogP contribution in [0.3, 0.4) is 0 Å². The van der Waals surface area contributed by atoms with Crippen LogP contribution in [0, 0.1) is 17.8 Å². The molecular weight excluding hydrogens is 133 g/mol. The first kappa shape index (κ1) is 7.66. The van der Waals surface area contributed by atoms with Gasteiger partial charge in [-0.1, -0.05) is 6.92 Å². The standard InChI is InChI=1S/C9H18BN/c1-7-6-9(7)8-2-4-11(10)5-3-8/h7-9H,2-6,10H2,1H3. The Morgan fingerprint density at radius 1 is 1.27 bits per heavy atom. The Hall–Kier alpha value is 0.0249. The van der Waals surface area contributed by atoms with Gasteiger partial charge < -0.3 is 4.81 Å². The highest BCUT2D eigenvalue weighted by Gasteiger charge is 2.39. The van der Waals surface area contributed by atoms with Gasteiger partial charge in [0.15, 0.2) is 7.98 Å². The van der Waals surface area contributed by atoms with E-state index in [1.165, 1.54) is 32.4 Å². The molecule has 1 nitrogen and oxygen atoms in total. The first-order valence-corrected chi connectivity index (χ1v) is 4.96. The van der Waals surface area contributed by atoms with E-state index in [0.717, 1.165) is 17.8 Å². The van der Waals surface area contributed by atoms with Crippen LogP contribution in [0.15, 0.2) is 0 Å². The first-order valence-electron chi connectivity index (χ1n) is 4.96. The highest BCUT2D eigenvalue weighted by atomic mass is 15.0. The van der Waals surface area contributed by atoms with E-state index in [9.17, 15) is 0 Å². The Morgan fingerprint density at radius 2 is 1.82 bits per heavy atom. The SMILES string of the molecule is BN1CCC(C2CC2C)CC1. The van der Waals surface area contributed by atoms with E-state index in [1.54, 1.807) is 0 Å². The summed E-state index contributed by atoms with van der Waals surface area (Å²) < 4.78 is 0. The van der Waals surface area contributed by atoms with E-state index in [1.807, 2.05) is 0 Å². The van der Waals surface area contributed by atoms with Gasteiger partial charge in [0.2, 0.25) is 0 Å². The van der Waals surface area contributed by atoms with Crippen LogP contribution in [0.4, 0.5) is 0 Å². The van der Waals surface area contributed by atoms with Crippen molar-refractivity contribution in [1.82, 2.24) is 4.81 Å². The Bertz CT molecular complexity index is 140. The molecule has 62 valence electrons. The number of hydrogen-bond donors (Lipinski definition) is 0. The van der Waals surface area contributed by atoms with E-state index in [0.29, 0.717) is 0 Å². The molecule has 0 spiro atoms. The molecule has 0 aromatic rings. The number of rotatable bonds is 1. The van der Waals surface area contributed by atoms with Crippen LogP contribution in [-0.4, -0.2) is 25.9 Å². The van der Waals surface area contributed by atoms with Crippen molar-refractivity contribution in [2.45, 2.75) is 26.2 Å². The maximum atomic E-state index is 2.46. The van der Waals surface area contributed by atoms with Crippen molar-refractivity contribution in [3.05, 3.63) is 0 Å². The quantitative estimate of drug-likeness (QED) is 0.503. The smallest absolute Gasteiger partial charge is 0.185 e. The predicted octanol–water partition coefficient (Wildman–Crippen LogP) is 0.902. The fourth-order valence-electron chi connectivity index (χ4n) is 2.46. The molecule has 2 aliphatic rings. The average Bonchev–Trinajstić information content (AvgIpc) is 2.69. The second-order valence-corrected chi connectivity index (χ2v) is 4.52. The van der Waals surface area contributed by atoms with E-state index >= 15 is 0 Å². The number of hydrogen-bond acceptors (Lipinski definition) is 1. The topological polar surface area (TPSA) is 3.24 Å². The fraction of sp³-hybridized carbons (Fsp3) is 1.00. The Kier molecular flexibility index (Phi) is 1.96. The summed E-state index contributed by atoms with van der Waals surface area (Å²) in [7, 11) is 2.24. The van der Waals surface area contributed by atoms with E-state index in [4.69, 9.17) is 0 Å². The Morgan fingerprint density at radius 3 is 2.27 bits per heavy atom. The summed E-state index contributed by atoms with van der Waals surface area (Å²) in [4.78, 5) is 2.46. The molecule has 1 saturated carbocycles. The molecule has 1 heterocycles. The molecule has 2 atom stereocenters. The van der Waals surface area contributed by atoms with Gasteiger partial charge in [-0.25, -0.2) is 0 Å². The van der Waals surface area contributed by atoms with Crippen molar-refractivity contribution in [1.29, 1.82) is 0 Å². The summed E-state index contributed by atoms with van der Waals surface area (Å²) in [5.41, 5.74) is 0. The minimum absolute atomic E-state index is 1.06. The van der Waals surface area contributed by atoms with E-state index in [-0.39, 0.29) is 0 Å². The molecule has 1 saturated heterocycles. The van der Waals surface area contributed by atoms with Crippen LogP contribution in [0.5, 0.6) is 0 Å². The van der Waals surface area contributed by atoms with Crippen molar-refractivity contribution in [3.63, 3.8) is 0 Å². The van der Waals surface area contributed by atoms with Crippen molar-refractivity contribution in [2.75, 3.05) is 13.1 Å². The molecule has 11 heavy (non-hydrogen) atoms. The second-order valence-electron chi connectivity index (χ2n) is 4.52. The third kappa shape index (κ3) is 1.61. The van der Waals surface area contributed by atoms with Crippen LogP contribution in [0.1, 0.15) is 26.2 Å². The van der Waals surface area contributed by atoms with Crippen molar-refractivity contribution < 1.29 is 0 Å². The van der Waals surface area contributed by atoms with Gasteiger partial charge in [0.05, 0.1) is 0 Å². The largest absolute Gasteiger partial charge is 0.349 e. The molecule has 0 aromatic carbocycles. The molecule has 0 radical (unpaired) electrons. The molecule has 0 aromatic heterocycles. The van der Waals surface area contributed by atoms with Gasteiger partial charge in [-0.2, -0.15) is 0 Å². The van der Waals surface area contributed by atoms with Crippen LogP contribution in [0.2, 0.25) is 0 Å². The summed E-state index contributed by atoms with van der Waals surface area (Å²) in [6, 6.07) is 0. The zero-order chi connectivity index (χ0) is 7.84. The van der Waals surface area contributed by atoms with Gasteiger partial charge in [-0.15, -0.1) is 0 Å². The van der Waals surface area contributed by atoms with Crippen molar-refractivity contribution in [3.8, 4) is 0 Å². The summed E-state index contributed by atoms with van der Waals surface area (Å²) in [6.45, 7) is 5.09. The zero-order valence-corrected chi connectivity index (χ0v) is 7.71. The first-order chi connectivity index (χ1) is 5.27. The van der Waals surface area contributed by atoms with Gasteiger partial charge >= 0.3 is 0 Å². The summed E-state index contributed by atoms with van der Waals surface area (Å²) in [5.74, 6) is 3.26. The summed E-state index contributed by atoms with van der Waals surface area (Å²) >= 11 is 0. The van der Waals surface area contributed by atoms with Gasteiger partial charge in [-0.3, -0.25) is 0 Å². The molecular formula is C9H18BN. The third-order valence-corrected chi connectivity index (χ3v) is 3.54. The maximum absolute atomic E-state index is 2.46. The van der Waals surface area contributed by atoms with Gasteiger partial charge in [0.25, 0.3) is 0 Å². The van der Waals surface area contributed by atoms with E-state index < -0.39 is 0 Å². The molecule has 2 rings (SSSR count). The Balaban J connectivity index is 1.79. The van der Waals surface area contributed by atoms with Gasteiger partial charge in [-0.05, 0) is 50.1 Å². The Labute approximate surface area is 70.6 Å². The fourth-order valence-corrected chi connectivity index (χ4v) is 2.46. The molecule has 1 aliphatic heterocycles. The van der Waals surface area contributed by atoms with Crippen LogP contribution in [0.25, 0.3) is 0 Å². The molecule has 2 unspecified atom stereocenters. The lowest BCUT2D eigenvalue weighted by atomic mass is 9.90. The predicted molar refractivity (Wildman–Crippen MR) is 50.1 cm³/mol. The number of piperidine rings is 1. The minimum Gasteiger partial charge on any atom is -0.349 e. The zero-order valence-electron chi connectivity index (χ0n) is 7.71. The molecule has 2 heteroatoms. The average molecular weight is 151 g/mol. The highest BCUT2D eigenvalue weighted by molar-refractivity contribution is 6.04. The van der Waals surface area contributed by atoms with Gasteiger partial charge in [0, 0.05) is 0 Å². The van der Waals surface area contributed by atoms with Gasteiger partial charge in [0.1, 0.15) is 0 Å². The normalized spacial score (nSPS) is 40.8. The third-order valence-electron chi connectivity index (χ3n) is 3.54.